The number of nitrogens with two attached hydrogens (primary N) is 1. The number of ether oxygens (including phenoxy) is 1. The number of nitrogens with one attached hydrogen (secondary N) is 1. The zero-order chi connectivity index (χ0) is 15.9. The van der Waals surface area contributed by atoms with E-state index in [0.29, 0.717) is 17.9 Å². The summed E-state index contributed by atoms with van der Waals surface area (Å²) in [5, 5.41) is 2.87. The fraction of sp³-hybridized carbons (Fsp3) is 0.278. The van der Waals surface area contributed by atoms with E-state index in [1.807, 2.05) is 62.4 Å². The van der Waals surface area contributed by atoms with E-state index in [0.717, 1.165) is 17.7 Å². The van der Waals surface area contributed by atoms with Crippen LogP contribution in [0, 0.1) is 6.92 Å². The molecule has 2 rings (SSSR count). The first-order valence-corrected chi connectivity index (χ1v) is 7.50. The summed E-state index contributed by atoms with van der Waals surface area (Å²) >= 11 is 0. The minimum Gasteiger partial charge on any atom is -0.455 e. The van der Waals surface area contributed by atoms with Gasteiger partial charge in [0.15, 0.2) is 5.75 Å². The van der Waals surface area contributed by atoms with Gasteiger partial charge in [0.1, 0.15) is 5.75 Å². The maximum absolute atomic E-state index is 12.1. The van der Waals surface area contributed by atoms with Gasteiger partial charge in [0, 0.05) is 0 Å². The molecule has 0 saturated carbocycles. The van der Waals surface area contributed by atoms with Crippen molar-refractivity contribution in [2.24, 2.45) is 5.73 Å². The van der Waals surface area contributed by atoms with E-state index in [2.05, 4.69) is 5.32 Å². The predicted octanol–water partition coefficient (Wildman–Crippen LogP) is 3.85. The highest BCUT2D eigenvalue weighted by atomic mass is 16.5. The highest BCUT2D eigenvalue weighted by molar-refractivity contribution is 5.96. The third-order valence-electron chi connectivity index (χ3n) is 3.30. The Kier molecular flexibility index (Phi) is 5.55. The highest BCUT2D eigenvalue weighted by Gasteiger charge is 2.15. The SMILES string of the molecule is CCCC(N)C(=O)Nc1cc(C)ccc1Oc1ccccc1. The molecule has 0 heterocycles. The number of hydrogen-bond acceptors (Lipinski definition) is 3. The van der Waals surface area contributed by atoms with Gasteiger partial charge in [-0.3, -0.25) is 4.79 Å². The second-order valence-corrected chi connectivity index (χ2v) is 5.30. The molecule has 4 nitrogen and oxygen atoms in total. The Balaban J connectivity index is 2.19. The minimum absolute atomic E-state index is 0.189. The first-order valence-electron chi connectivity index (χ1n) is 7.50. The molecule has 0 fully saturated rings. The summed E-state index contributed by atoms with van der Waals surface area (Å²) in [6.45, 7) is 3.97. The van der Waals surface area contributed by atoms with Gasteiger partial charge in [0.2, 0.25) is 5.91 Å². The number of rotatable bonds is 6. The van der Waals surface area contributed by atoms with Crippen LogP contribution in [-0.4, -0.2) is 11.9 Å². The van der Waals surface area contributed by atoms with Crippen molar-refractivity contribution in [3.05, 3.63) is 54.1 Å². The highest BCUT2D eigenvalue weighted by Crippen LogP contribution is 2.30. The zero-order valence-electron chi connectivity index (χ0n) is 13.0. The summed E-state index contributed by atoms with van der Waals surface area (Å²) in [6.07, 6.45) is 1.53. The number of anilines is 1. The van der Waals surface area contributed by atoms with Crippen LogP contribution in [0.2, 0.25) is 0 Å². The number of carbonyl (C=O) groups excluding carboxylic acids is 1. The summed E-state index contributed by atoms with van der Waals surface area (Å²) in [7, 11) is 0. The lowest BCUT2D eigenvalue weighted by molar-refractivity contribution is -0.117. The molecule has 1 amide bonds. The molecule has 22 heavy (non-hydrogen) atoms. The smallest absolute Gasteiger partial charge is 0.241 e. The molecule has 0 aliphatic rings. The average Bonchev–Trinajstić information content (AvgIpc) is 2.51. The van der Waals surface area contributed by atoms with Crippen molar-refractivity contribution < 1.29 is 9.53 Å². The van der Waals surface area contributed by atoms with E-state index < -0.39 is 6.04 Å². The van der Waals surface area contributed by atoms with Crippen molar-refractivity contribution in [2.75, 3.05) is 5.32 Å². The quantitative estimate of drug-likeness (QED) is 0.851. The first kappa shape index (κ1) is 16.0. The van der Waals surface area contributed by atoms with Crippen LogP contribution in [0.15, 0.2) is 48.5 Å². The van der Waals surface area contributed by atoms with Crippen LogP contribution >= 0.6 is 0 Å². The van der Waals surface area contributed by atoms with Crippen molar-refractivity contribution in [1.29, 1.82) is 0 Å². The monoisotopic (exact) mass is 298 g/mol. The van der Waals surface area contributed by atoms with E-state index in [4.69, 9.17) is 10.5 Å². The number of para-hydroxylation sites is 1. The van der Waals surface area contributed by atoms with Crippen LogP contribution in [0.1, 0.15) is 25.3 Å². The van der Waals surface area contributed by atoms with Gasteiger partial charge in [0.25, 0.3) is 0 Å². The molecule has 4 heteroatoms. The molecule has 0 saturated heterocycles. The molecule has 1 atom stereocenters. The van der Waals surface area contributed by atoms with E-state index >= 15 is 0 Å². The molecule has 0 spiro atoms. The molecule has 3 N–H and O–H groups in total. The largest absolute Gasteiger partial charge is 0.455 e. The summed E-state index contributed by atoms with van der Waals surface area (Å²) in [5.41, 5.74) is 7.54. The third kappa shape index (κ3) is 4.33. The van der Waals surface area contributed by atoms with Gasteiger partial charge < -0.3 is 15.8 Å². The molecule has 116 valence electrons. The number of amides is 1. The molecule has 2 aromatic rings. The Morgan fingerprint density at radius 1 is 1.23 bits per heavy atom. The summed E-state index contributed by atoms with van der Waals surface area (Å²) in [6, 6.07) is 14.6. The summed E-state index contributed by atoms with van der Waals surface area (Å²) in [5.74, 6) is 1.14. The normalized spacial score (nSPS) is 11.8. The van der Waals surface area contributed by atoms with Crippen molar-refractivity contribution in [3.63, 3.8) is 0 Å². The molecule has 0 radical (unpaired) electrons. The number of aryl methyl sites for hydroxylation is 1. The van der Waals surface area contributed by atoms with Gasteiger partial charge in [-0.1, -0.05) is 37.6 Å². The first-order chi connectivity index (χ1) is 10.6. The molecule has 1 unspecified atom stereocenters. The lowest BCUT2D eigenvalue weighted by Gasteiger charge is -2.15. The zero-order valence-corrected chi connectivity index (χ0v) is 13.0. The van der Waals surface area contributed by atoms with E-state index in [-0.39, 0.29) is 5.91 Å². The number of carbonyl (C=O) groups is 1. The summed E-state index contributed by atoms with van der Waals surface area (Å²) < 4.78 is 5.85. The Hall–Kier alpha value is -2.33. The molecule has 0 aliphatic carbocycles. The number of hydrogen-bond donors (Lipinski definition) is 2. The third-order valence-corrected chi connectivity index (χ3v) is 3.30. The van der Waals surface area contributed by atoms with Crippen molar-refractivity contribution in [2.45, 2.75) is 32.7 Å². The Morgan fingerprint density at radius 2 is 1.95 bits per heavy atom. The Morgan fingerprint density at radius 3 is 2.64 bits per heavy atom. The lowest BCUT2D eigenvalue weighted by Crippen LogP contribution is -2.35. The fourth-order valence-electron chi connectivity index (χ4n) is 2.11. The summed E-state index contributed by atoms with van der Waals surface area (Å²) in [4.78, 5) is 12.1. The standard InChI is InChI=1S/C18H22N2O2/c1-3-7-15(19)18(21)20-16-12-13(2)10-11-17(16)22-14-8-5-4-6-9-14/h4-6,8-12,15H,3,7,19H2,1-2H3,(H,20,21). The van der Waals surface area contributed by atoms with Gasteiger partial charge in [-0.15, -0.1) is 0 Å². The fourth-order valence-corrected chi connectivity index (χ4v) is 2.11. The van der Waals surface area contributed by atoms with Gasteiger partial charge in [0.05, 0.1) is 11.7 Å². The number of benzene rings is 2. The predicted molar refractivity (Wildman–Crippen MR) is 89.2 cm³/mol. The molecular formula is C18H22N2O2. The van der Waals surface area contributed by atoms with Crippen molar-refractivity contribution in [3.8, 4) is 11.5 Å². The van der Waals surface area contributed by atoms with Crippen LogP contribution in [-0.2, 0) is 4.79 Å². The Labute approximate surface area is 131 Å². The lowest BCUT2D eigenvalue weighted by atomic mass is 10.1. The van der Waals surface area contributed by atoms with Crippen LogP contribution in [0.5, 0.6) is 11.5 Å². The van der Waals surface area contributed by atoms with Gasteiger partial charge in [-0.25, -0.2) is 0 Å². The van der Waals surface area contributed by atoms with E-state index in [1.54, 1.807) is 0 Å². The van der Waals surface area contributed by atoms with Crippen molar-refractivity contribution >= 4 is 11.6 Å². The maximum atomic E-state index is 12.1. The van der Waals surface area contributed by atoms with Gasteiger partial charge in [-0.05, 0) is 43.2 Å². The van der Waals surface area contributed by atoms with Crippen LogP contribution in [0.3, 0.4) is 0 Å². The molecule has 2 aromatic carbocycles. The second-order valence-electron chi connectivity index (χ2n) is 5.30. The second kappa shape index (κ2) is 7.61. The Bertz CT molecular complexity index is 626. The minimum atomic E-state index is -0.505. The van der Waals surface area contributed by atoms with Crippen LogP contribution in [0.4, 0.5) is 5.69 Å². The maximum Gasteiger partial charge on any atom is 0.241 e. The van der Waals surface area contributed by atoms with Gasteiger partial charge >= 0.3 is 0 Å². The van der Waals surface area contributed by atoms with Crippen molar-refractivity contribution in [1.82, 2.24) is 0 Å². The topological polar surface area (TPSA) is 64.4 Å². The van der Waals surface area contributed by atoms with E-state index in [1.165, 1.54) is 0 Å². The molecule has 0 aliphatic heterocycles. The van der Waals surface area contributed by atoms with E-state index in [9.17, 15) is 4.79 Å². The molecular weight excluding hydrogens is 276 g/mol. The average molecular weight is 298 g/mol. The van der Waals surface area contributed by atoms with Crippen LogP contribution < -0.4 is 15.8 Å². The van der Waals surface area contributed by atoms with Gasteiger partial charge in [-0.2, -0.15) is 0 Å². The molecule has 0 bridgehead atoms. The molecule has 0 aromatic heterocycles. The van der Waals surface area contributed by atoms with Crippen LogP contribution in [0.25, 0.3) is 0 Å².